The number of rotatable bonds is 7. The second kappa shape index (κ2) is 15.7. The molecule has 2 heterocycles. The Balaban J connectivity index is 0.877. The molecule has 0 radical (unpaired) electrons. The lowest BCUT2D eigenvalue weighted by atomic mass is 9.97. The molecule has 14 rings (SSSR count). The van der Waals surface area contributed by atoms with Crippen LogP contribution in [-0.4, -0.2) is 4.57 Å². The highest BCUT2D eigenvalue weighted by Crippen LogP contribution is 2.42. The van der Waals surface area contributed by atoms with E-state index in [9.17, 15) is 0 Å². The SMILES string of the molecule is c1cc(-c2ccc3c(ccc4ccccc43)c2)cc(N(c2ccc(-c3cccc(-n4c5ccccc5c5ccccc54)c3)cc2)c2cccc(-c3ccc4oc5c6ccccc6ccc5c4c3)c2)c1. The first-order valence-corrected chi connectivity index (χ1v) is 23.6. The summed E-state index contributed by atoms with van der Waals surface area (Å²) in [5.41, 5.74) is 15.5. The number of anilines is 3. The Morgan fingerprint density at radius 1 is 0.275 bits per heavy atom. The topological polar surface area (TPSA) is 21.3 Å². The Morgan fingerprint density at radius 2 is 0.783 bits per heavy atom. The van der Waals surface area contributed by atoms with Crippen molar-refractivity contribution in [1.29, 1.82) is 0 Å². The van der Waals surface area contributed by atoms with Gasteiger partial charge in [0.15, 0.2) is 0 Å². The number of hydrogen-bond acceptors (Lipinski definition) is 2. The lowest BCUT2D eigenvalue weighted by Gasteiger charge is -2.27. The molecule has 69 heavy (non-hydrogen) atoms. The van der Waals surface area contributed by atoms with Gasteiger partial charge in [-0.25, -0.2) is 0 Å². The second-order valence-corrected chi connectivity index (χ2v) is 18.1. The molecule has 0 unspecified atom stereocenters. The minimum Gasteiger partial charge on any atom is -0.455 e. The highest BCUT2D eigenvalue weighted by atomic mass is 16.3. The lowest BCUT2D eigenvalue weighted by Crippen LogP contribution is -2.10. The molecule has 2 aromatic heterocycles. The van der Waals surface area contributed by atoms with E-state index in [4.69, 9.17) is 4.42 Å². The molecule has 0 amide bonds. The fraction of sp³-hybridized carbons (Fsp3) is 0. The summed E-state index contributed by atoms with van der Waals surface area (Å²) in [4.78, 5) is 2.39. The summed E-state index contributed by atoms with van der Waals surface area (Å²) >= 11 is 0. The largest absolute Gasteiger partial charge is 0.455 e. The van der Waals surface area contributed by atoms with Gasteiger partial charge in [-0.1, -0.05) is 170 Å². The molecule has 3 nitrogen and oxygen atoms in total. The van der Waals surface area contributed by atoms with Crippen LogP contribution in [0.15, 0.2) is 259 Å². The number of para-hydroxylation sites is 2. The fourth-order valence-electron chi connectivity index (χ4n) is 10.8. The predicted molar refractivity (Wildman–Crippen MR) is 292 cm³/mol. The maximum Gasteiger partial charge on any atom is 0.143 e. The van der Waals surface area contributed by atoms with Crippen LogP contribution in [0.3, 0.4) is 0 Å². The van der Waals surface area contributed by atoms with Gasteiger partial charge in [0.2, 0.25) is 0 Å². The zero-order valence-corrected chi connectivity index (χ0v) is 37.6. The molecule has 0 saturated heterocycles. The number of furan rings is 1. The molecule has 0 aliphatic carbocycles. The van der Waals surface area contributed by atoms with Gasteiger partial charge in [0.25, 0.3) is 0 Å². The molecule has 0 spiro atoms. The summed E-state index contributed by atoms with van der Waals surface area (Å²) in [6.45, 7) is 0. The van der Waals surface area contributed by atoms with E-state index in [1.165, 1.54) is 54.3 Å². The smallest absolute Gasteiger partial charge is 0.143 e. The van der Waals surface area contributed by atoms with E-state index in [0.29, 0.717) is 0 Å². The average Bonchev–Trinajstić information content (AvgIpc) is 3.97. The van der Waals surface area contributed by atoms with Crippen molar-refractivity contribution in [3.8, 4) is 39.1 Å². The highest BCUT2D eigenvalue weighted by Gasteiger charge is 2.18. The molecule has 14 aromatic rings. The van der Waals surface area contributed by atoms with Crippen molar-refractivity contribution in [3.63, 3.8) is 0 Å². The molecule has 0 N–H and O–H groups in total. The van der Waals surface area contributed by atoms with E-state index in [-0.39, 0.29) is 0 Å². The predicted octanol–water partition coefficient (Wildman–Crippen LogP) is 18.6. The molecule has 12 aromatic carbocycles. The van der Waals surface area contributed by atoms with Crippen LogP contribution >= 0.6 is 0 Å². The maximum absolute atomic E-state index is 6.52. The average molecular weight is 879 g/mol. The molecular formula is C66H42N2O. The zero-order valence-electron chi connectivity index (χ0n) is 37.6. The van der Waals surface area contributed by atoms with E-state index in [1.807, 2.05) is 0 Å². The van der Waals surface area contributed by atoms with E-state index in [1.54, 1.807) is 0 Å². The Hall–Kier alpha value is -9.18. The third-order valence-electron chi connectivity index (χ3n) is 14.1. The molecule has 0 aliphatic rings. The van der Waals surface area contributed by atoms with Gasteiger partial charge in [-0.15, -0.1) is 0 Å². The normalized spacial score (nSPS) is 11.8. The highest BCUT2D eigenvalue weighted by molar-refractivity contribution is 6.16. The van der Waals surface area contributed by atoms with E-state index < -0.39 is 0 Å². The van der Waals surface area contributed by atoms with Gasteiger partial charge in [0, 0.05) is 49.7 Å². The molecule has 0 aliphatic heterocycles. The van der Waals surface area contributed by atoms with Crippen molar-refractivity contribution < 1.29 is 4.42 Å². The molecule has 0 atom stereocenters. The first-order chi connectivity index (χ1) is 34.2. The summed E-state index contributed by atoms with van der Waals surface area (Å²) in [5, 5.41) is 12.1. The van der Waals surface area contributed by atoms with Crippen LogP contribution in [0.1, 0.15) is 0 Å². The van der Waals surface area contributed by atoms with Crippen molar-refractivity contribution >= 4 is 93.1 Å². The number of fused-ring (bicyclic) bond motifs is 11. The van der Waals surface area contributed by atoms with Gasteiger partial charge < -0.3 is 13.9 Å². The minimum atomic E-state index is 0.891. The quantitative estimate of drug-likeness (QED) is 0.149. The second-order valence-electron chi connectivity index (χ2n) is 18.1. The van der Waals surface area contributed by atoms with Crippen molar-refractivity contribution in [3.05, 3.63) is 255 Å². The Kier molecular flexibility index (Phi) is 8.90. The lowest BCUT2D eigenvalue weighted by molar-refractivity contribution is 0.672. The van der Waals surface area contributed by atoms with E-state index >= 15 is 0 Å². The molecule has 3 heteroatoms. The van der Waals surface area contributed by atoms with Crippen LogP contribution in [0, 0.1) is 0 Å². The first-order valence-electron chi connectivity index (χ1n) is 23.6. The first kappa shape index (κ1) is 39.0. The Morgan fingerprint density at radius 3 is 1.51 bits per heavy atom. The monoisotopic (exact) mass is 878 g/mol. The Bertz CT molecular complexity index is 4270. The molecule has 0 saturated carbocycles. The van der Waals surface area contributed by atoms with E-state index in [0.717, 1.165) is 77.9 Å². The van der Waals surface area contributed by atoms with Gasteiger partial charge in [0.05, 0.1) is 11.0 Å². The molecule has 0 fully saturated rings. The van der Waals surface area contributed by atoms with Crippen LogP contribution in [0.2, 0.25) is 0 Å². The van der Waals surface area contributed by atoms with Crippen molar-refractivity contribution in [1.82, 2.24) is 4.57 Å². The van der Waals surface area contributed by atoms with Gasteiger partial charge in [-0.05, 0) is 145 Å². The van der Waals surface area contributed by atoms with Gasteiger partial charge in [-0.2, -0.15) is 0 Å². The number of aromatic nitrogens is 1. The third kappa shape index (κ3) is 6.51. The van der Waals surface area contributed by atoms with E-state index in [2.05, 4.69) is 264 Å². The summed E-state index contributed by atoms with van der Waals surface area (Å²) in [5.74, 6) is 0. The molecule has 0 bridgehead atoms. The van der Waals surface area contributed by atoms with Crippen LogP contribution in [0.4, 0.5) is 17.1 Å². The van der Waals surface area contributed by atoms with Crippen LogP contribution in [0.25, 0.3) is 115 Å². The molecular weight excluding hydrogens is 837 g/mol. The van der Waals surface area contributed by atoms with Crippen molar-refractivity contribution in [2.45, 2.75) is 0 Å². The maximum atomic E-state index is 6.52. The minimum absolute atomic E-state index is 0.891. The van der Waals surface area contributed by atoms with Crippen LogP contribution in [0.5, 0.6) is 0 Å². The standard InChI is InChI=1S/C66H42N2O/c1-3-20-56-44(12-1)26-27-51-38-49(31-35-57(51)56)47-15-10-17-53(40-47)67(54-18-11-16-48(41-54)50-32-37-65-62(42-50)61-36-30-45-13-2-4-21-58(45)66(61)69-65)52-33-28-43(29-34-52)46-14-9-19-55(39-46)68-63-24-7-5-22-59(63)60-23-6-8-25-64(60)68/h1-42H. The zero-order chi connectivity index (χ0) is 45.4. The fourth-order valence-corrected chi connectivity index (χ4v) is 10.8. The summed E-state index contributed by atoms with van der Waals surface area (Å²) in [6.07, 6.45) is 0. The summed E-state index contributed by atoms with van der Waals surface area (Å²) < 4.78 is 8.90. The van der Waals surface area contributed by atoms with Crippen molar-refractivity contribution in [2.75, 3.05) is 4.90 Å². The Labute approximate surface area is 399 Å². The summed E-state index contributed by atoms with van der Waals surface area (Å²) in [6, 6.07) is 92.6. The number of benzene rings is 12. The van der Waals surface area contributed by atoms with Gasteiger partial charge in [-0.3, -0.25) is 0 Å². The molecule has 322 valence electrons. The summed E-state index contributed by atoms with van der Waals surface area (Å²) in [7, 11) is 0. The number of nitrogens with zero attached hydrogens (tertiary/aromatic N) is 2. The number of hydrogen-bond donors (Lipinski definition) is 0. The third-order valence-corrected chi connectivity index (χ3v) is 14.1. The van der Waals surface area contributed by atoms with Gasteiger partial charge in [0.1, 0.15) is 11.2 Å². The van der Waals surface area contributed by atoms with Gasteiger partial charge >= 0.3 is 0 Å². The van der Waals surface area contributed by atoms with Crippen molar-refractivity contribution in [2.24, 2.45) is 0 Å². The van der Waals surface area contributed by atoms with Crippen LogP contribution < -0.4 is 4.90 Å². The van der Waals surface area contributed by atoms with Crippen LogP contribution in [-0.2, 0) is 0 Å².